The van der Waals surface area contributed by atoms with Crippen molar-refractivity contribution >= 4 is 27.3 Å². The SMILES string of the molecule is CN(CCc1nn2c(-c3cc4ccccc4o3)nnc2s1)Cc1ccccc1. The Bertz CT molecular complexity index is 1190. The van der Waals surface area contributed by atoms with Crippen LogP contribution in [0.4, 0.5) is 0 Å². The monoisotopic (exact) mass is 389 g/mol. The second-order valence-electron chi connectivity index (χ2n) is 6.84. The van der Waals surface area contributed by atoms with Gasteiger partial charge in [0, 0.05) is 24.9 Å². The molecule has 0 saturated carbocycles. The Labute approximate surface area is 166 Å². The van der Waals surface area contributed by atoms with E-state index in [0.717, 1.165) is 40.4 Å². The highest BCUT2D eigenvalue weighted by molar-refractivity contribution is 7.16. The minimum Gasteiger partial charge on any atom is -0.453 e. The molecule has 0 aliphatic heterocycles. The van der Waals surface area contributed by atoms with Crippen LogP contribution < -0.4 is 0 Å². The molecule has 0 fully saturated rings. The number of furan rings is 1. The molecule has 0 radical (unpaired) electrons. The normalized spacial score (nSPS) is 11.8. The Hall–Kier alpha value is -3.03. The lowest BCUT2D eigenvalue weighted by Crippen LogP contribution is -2.20. The highest BCUT2D eigenvalue weighted by atomic mass is 32.1. The van der Waals surface area contributed by atoms with Crippen LogP contribution in [0.2, 0.25) is 0 Å². The lowest BCUT2D eigenvalue weighted by atomic mass is 10.2. The van der Waals surface area contributed by atoms with Gasteiger partial charge in [0.15, 0.2) is 5.76 Å². The minimum absolute atomic E-state index is 0.645. The van der Waals surface area contributed by atoms with Gasteiger partial charge in [0.25, 0.3) is 0 Å². The summed E-state index contributed by atoms with van der Waals surface area (Å²) in [6, 6.07) is 20.4. The molecule has 0 bridgehead atoms. The van der Waals surface area contributed by atoms with Gasteiger partial charge in [0.05, 0.1) is 0 Å². The number of hydrogen-bond acceptors (Lipinski definition) is 6. The van der Waals surface area contributed by atoms with Crippen molar-refractivity contribution in [2.24, 2.45) is 0 Å². The molecule has 0 saturated heterocycles. The van der Waals surface area contributed by atoms with E-state index in [1.165, 1.54) is 5.56 Å². The van der Waals surface area contributed by atoms with Crippen LogP contribution in [-0.4, -0.2) is 38.3 Å². The molecule has 0 amide bonds. The van der Waals surface area contributed by atoms with E-state index in [-0.39, 0.29) is 0 Å². The topological polar surface area (TPSA) is 59.5 Å². The van der Waals surface area contributed by atoms with Crippen LogP contribution in [0.25, 0.3) is 27.5 Å². The molecule has 0 unspecified atom stereocenters. The number of aromatic nitrogens is 4. The van der Waals surface area contributed by atoms with Crippen LogP contribution >= 0.6 is 11.3 Å². The molecule has 28 heavy (non-hydrogen) atoms. The second-order valence-corrected chi connectivity index (χ2v) is 7.88. The number of likely N-dealkylation sites (N-methyl/N-ethyl adjacent to an activating group) is 1. The summed E-state index contributed by atoms with van der Waals surface area (Å²) in [7, 11) is 2.13. The standard InChI is InChI=1S/C21H19N5OS/c1-25(14-15-7-3-2-4-8-15)12-11-19-24-26-20(22-23-21(26)28-19)18-13-16-9-5-6-10-17(16)27-18/h2-10,13H,11-12,14H2,1H3. The average molecular weight is 389 g/mol. The molecule has 5 rings (SSSR count). The van der Waals surface area contributed by atoms with Gasteiger partial charge in [-0.2, -0.15) is 9.61 Å². The van der Waals surface area contributed by atoms with Gasteiger partial charge < -0.3 is 9.32 Å². The van der Waals surface area contributed by atoms with Gasteiger partial charge in [-0.15, -0.1) is 10.2 Å². The van der Waals surface area contributed by atoms with Gasteiger partial charge in [-0.05, 0) is 24.7 Å². The van der Waals surface area contributed by atoms with E-state index in [4.69, 9.17) is 9.52 Å². The third-order valence-corrected chi connectivity index (χ3v) is 5.64. The number of para-hydroxylation sites is 1. The molecule has 3 heterocycles. The molecule has 3 aromatic heterocycles. The van der Waals surface area contributed by atoms with Crippen molar-refractivity contribution in [1.82, 2.24) is 24.7 Å². The minimum atomic E-state index is 0.645. The van der Waals surface area contributed by atoms with E-state index in [1.807, 2.05) is 36.4 Å². The summed E-state index contributed by atoms with van der Waals surface area (Å²) >= 11 is 1.58. The van der Waals surface area contributed by atoms with Crippen molar-refractivity contribution in [3.63, 3.8) is 0 Å². The maximum Gasteiger partial charge on any atom is 0.235 e. The Morgan fingerprint density at radius 3 is 2.71 bits per heavy atom. The summed E-state index contributed by atoms with van der Waals surface area (Å²) < 4.78 is 7.71. The Balaban J connectivity index is 1.33. The molecule has 140 valence electrons. The molecule has 0 aliphatic rings. The summed E-state index contributed by atoms with van der Waals surface area (Å²) in [5.41, 5.74) is 2.16. The van der Waals surface area contributed by atoms with E-state index in [2.05, 4.69) is 46.4 Å². The maximum atomic E-state index is 5.93. The zero-order valence-corrected chi connectivity index (χ0v) is 16.3. The van der Waals surface area contributed by atoms with Crippen molar-refractivity contribution in [2.75, 3.05) is 13.6 Å². The maximum absolute atomic E-state index is 5.93. The summed E-state index contributed by atoms with van der Waals surface area (Å²) in [5, 5.41) is 15.4. The fourth-order valence-electron chi connectivity index (χ4n) is 3.26. The number of benzene rings is 2. The highest BCUT2D eigenvalue weighted by Crippen LogP contribution is 2.28. The van der Waals surface area contributed by atoms with Gasteiger partial charge in [-0.25, -0.2) is 0 Å². The number of fused-ring (bicyclic) bond motifs is 2. The van der Waals surface area contributed by atoms with E-state index in [0.29, 0.717) is 11.6 Å². The fraction of sp³-hybridized carbons (Fsp3) is 0.190. The number of rotatable bonds is 6. The van der Waals surface area contributed by atoms with E-state index in [1.54, 1.807) is 15.9 Å². The summed E-state index contributed by atoms with van der Waals surface area (Å²) in [5.74, 6) is 1.33. The third-order valence-electron chi connectivity index (χ3n) is 4.68. The zero-order valence-electron chi connectivity index (χ0n) is 15.4. The summed E-state index contributed by atoms with van der Waals surface area (Å²) in [4.78, 5) is 3.09. The molecular weight excluding hydrogens is 370 g/mol. The fourth-order valence-corrected chi connectivity index (χ4v) is 4.09. The van der Waals surface area contributed by atoms with Gasteiger partial charge >= 0.3 is 0 Å². The van der Waals surface area contributed by atoms with Crippen LogP contribution in [0.5, 0.6) is 0 Å². The van der Waals surface area contributed by atoms with E-state index < -0.39 is 0 Å². The zero-order chi connectivity index (χ0) is 18.9. The molecule has 5 aromatic rings. The Morgan fingerprint density at radius 2 is 1.86 bits per heavy atom. The average Bonchev–Trinajstić information content (AvgIpc) is 3.40. The first-order valence-electron chi connectivity index (χ1n) is 9.19. The van der Waals surface area contributed by atoms with Crippen molar-refractivity contribution in [2.45, 2.75) is 13.0 Å². The number of hydrogen-bond donors (Lipinski definition) is 0. The number of nitrogens with zero attached hydrogens (tertiary/aromatic N) is 5. The smallest absolute Gasteiger partial charge is 0.235 e. The molecule has 6 nitrogen and oxygen atoms in total. The van der Waals surface area contributed by atoms with Crippen molar-refractivity contribution in [1.29, 1.82) is 0 Å². The van der Waals surface area contributed by atoms with Gasteiger partial charge in [0.2, 0.25) is 10.8 Å². The molecule has 7 heteroatoms. The Morgan fingerprint density at radius 1 is 1.04 bits per heavy atom. The summed E-state index contributed by atoms with van der Waals surface area (Å²) in [6.07, 6.45) is 0.872. The predicted octanol–water partition coefficient (Wildman–Crippen LogP) is 4.27. The first kappa shape index (κ1) is 17.1. The molecule has 0 atom stereocenters. The van der Waals surface area contributed by atoms with E-state index >= 15 is 0 Å². The van der Waals surface area contributed by atoms with Crippen LogP contribution in [0, 0.1) is 0 Å². The van der Waals surface area contributed by atoms with E-state index in [9.17, 15) is 0 Å². The lowest BCUT2D eigenvalue weighted by molar-refractivity contribution is 0.330. The van der Waals surface area contributed by atoms with Gasteiger partial charge in [0.1, 0.15) is 10.6 Å². The van der Waals surface area contributed by atoms with Crippen LogP contribution in [-0.2, 0) is 13.0 Å². The predicted molar refractivity (Wildman–Crippen MR) is 110 cm³/mol. The van der Waals surface area contributed by atoms with Crippen molar-refractivity contribution < 1.29 is 4.42 Å². The Kier molecular flexibility index (Phi) is 4.38. The highest BCUT2D eigenvalue weighted by Gasteiger charge is 2.17. The largest absolute Gasteiger partial charge is 0.453 e. The van der Waals surface area contributed by atoms with Crippen molar-refractivity contribution in [3.8, 4) is 11.6 Å². The summed E-state index contributed by atoms with van der Waals surface area (Å²) in [6.45, 7) is 1.86. The first-order chi connectivity index (χ1) is 13.8. The van der Waals surface area contributed by atoms with Crippen molar-refractivity contribution in [3.05, 3.63) is 71.2 Å². The second kappa shape index (κ2) is 7.18. The first-order valence-corrected chi connectivity index (χ1v) is 10.0. The molecule has 0 N–H and O–H groups in total. The third kappa shape index (κ3) is 3.30. The molecule has 0 spiro atoms. The quantitative estimate of drug-likeness (QED) is 0.434. The van der Waals surface area contributed by atoms with Gasteiger partial charge in [-0.3, -0.25) is 0 Å². The molecule has 2 aromatic carbocycles. The van der Waals surface area contributed by atoms with Crippen LogP contribution in [0.1, 0.15) is 10.6 Å². The lowest BCUT2D eigenvalue weighted by Gasteiger charge is -2.15. The molecule has 0 aliphatic carbocycles. The van der Waals surface area contributed by atoms with Crippen LogP contribution in [0.15, 0.2) is 65.1 Å². The van der Waals surface area contributed by atoms with Gasteiger partial charge in [-0.1, -0.05) is 59.9 Å². The van der Waals surface area contributed by atoms with Crippen LogP contribution in [0.3, 0.4) is 0 Å². The molecular formula is C21H19N5OS.